The van der Waals surface area contributed by atoms with Crippen molar-refractivity contribution >= 4 is 23.4 Å². The lowest BCUT2D eigenvalue weighted by Gasteiger charge is -2.34. The molecule has 0 saturated heterocycles. The fourth-order valence-corrected chi connectivity index (χ4v) is 3.54. The molecule has 7 nitrogen and oxygen atoms in total. The number of halogens is 1. The Hall–Kier alpha value is -2.41. The van der Waals surface area contributed by atoms with Crippen LogP contribution in [0.3, 0.4) is 0 Å². The Morgan fingerprint density at radius 2 is 1.81 bits per heavy atom. The van der Waals surface area contributed by atoms with E-state index in [0.29, 0.717) is 6.54 Å². The molecular weight excluding hydrogens is 366 g/mol. The van der Waals surface area contributed by atoms with Crippen LogP contribution in [0.1, 0.15) is 49.0 Å². The van der Waals surface area contributed by atoms with Crippen LogP contribution in [0.2, 0.25) is 0 Å². The van der Waals surface area contributed by atoms with Gasteiger partial charge in [0.05, 0.1) is 17.4 Å². The minimum atomic E-state index is -0.451. The topological polar surface area (TPSA) is 88.9 Å². The van der Waals surface area contributed by atoms with Gasteiger partial charge in [0.1, 0.15) is 5.88 Å². The Kier molecular flexibility index (Phi) is 6.45. The van der Waals surface area contributed by atoms with Gasteiger partial charge < -0.3 is 10.6 Å². The number of para-hydroxylation sites is 1. The molecule has 1 aromatic carbocycles. The van der Waals surface area contributed by atoms with Crippen molar-refractivity contribution in [3.8, 4) is 5.69 Å². The molecule has 1 aliphatic carbocycles. The van der Waals surface area contributed by atoms with Crippen LogP contribution >= 0.6 is 11.6 Å². The van der Waals surface area contributed by atoms with Gasteiger partial charge in [0.2, 0.25) is 5.91 Å². The van der Waals surface area contributed by atoms with Gasteiger partial charge in [0.15, 0.2) is 5.69 Å². The average Bonchev–Trinajstić information content (AvgIpc) is 3.09. The predicted molar refractivity (Wildman–Crippen MR) is 103 cm³/mol. The summed E-state index contributed by atoms with van der Waals surface area (Å²) in [5, 5.41) is 14.4. The third kappa shape index (κ3) is 5.07. The van der Waals surface area contributed by atoms with E-state index in [0.717, 1.165) is 44.2 Å². The Labute approximate surface area is 163 Å². The summed E-state index contributed by atoms with van der Waals surface area (Å²) in [6, 6.07) is 9.40. The van der Waals surface area contributed by atoms with Crippen molar-refractivity contribution in [2.75, 3.05) is 12.4 Å². The molecule has 0 spiro atoms. The summed E-state index contributed by atoms with van der Waals surface area (Å²) in [5.41, 5.74) is 0.575. The van der Waals surface area contributed by atoms with Gasteiger partial charge in [-0.2, -0.15) is 9.90 Å². The van der Waals surface area contributed by atoms with Crippen molar-refractivity contribution < 1.29 is 9.59 Å². The molecule has 144 valence electrons. The molecule has 1 aliphatic rings. The lowest BCUT2D eigenvalue weighted by molar-refractivity contribution is -0.120. The molecule has 27 heavy (non-hydrogen) atoms. The maximum absolute atomic E-state index is 12.5. The van der Waals surface area contributed by atoms with Gasteiger partial charge in [0, 0.05) is 6.54 Å². The summed E-state index contributed by atoms with van der Waals surface area (Å²) in [4.78, 5) is 25.9. The Morgan fingerprint density at radius 1 is 1.11 bits per heavy atom. The fraction of sp³-hybridized carbons (Fsp3) is 0.474. The molecule has 1 saturated carbocycles. The zero-order valence-electron chi connectivity index (χ0n) is 15.2. The molecule has 2 N–H and O–H groups in total. The highest BCUT2D eigenvalue weighted by Gasteiger charge is 2.33. The minimum Gasteiger partial charge on any atom is -0.348 e. The smallest absolute Gasteiger partial charge is 0.273 e. The zero-order valence-corrected chi connectivity index (χ0v) is 15.9. The molecule has 1 aromatic heterocycles. The van der Waals surface area contributed by atoms with Gasteiger partial charge in [-0.25, -0.2) is 0 Å². The van der Waals surface area contributed by atoms with Gasteiger partial charge in [-0.15, -0.1) is 16.7 Å². The van der Waals surface area contributed by atoms with E-state index in [2.05, 4.69) is 20.8 Å². The number of amides is 2. The third-order valence-electron chi connectivity index (χ3n) is 4.89. The summed E-state index contributed by atoms with van der Waals surface area (Å²) in [7, 11) is 0. The van der Waals surface area contributed by atoms with E-state index in [1.165, 1.54) is 11.0 Å². The first kappa shape index (κ1) is 19.4. The third-order valence-corrected chi connectivity index (χ3v) is 5.13. The monoisotopic (exact) mass is 389 g/mol. The maximum atomic E-state index is 12.5. The Balaban J connectivity index is 1.67. The van der Waals surface area contributed by atoms with Crippen LogP contribution in [0.25, 0.3) is 5.69 Å². The average molecular weight is 390 g/mol. The Morgan fingerprint density at radius 3 is 2.48 bits per heavy atom. The second-order valence-corrected chi connectivity index (χ2v) is 7.18. The number of nitrogens with zero attached hydrogens (tertiary/aromatic N) is 3. The van der Waals surface area contributed by atoms with Crippen LogP contribution in [0.5, 0.6) is 0 Å². The van der Waals surface area contributed by atoms with Crippen LogP contribution < -0.4 is 10.6 Å². The van der Waals surface area contributed by atoms with Gasteiger partial charge in [-0.05, 0) is 25.0 Å². The van der Waals surface area contributed by atoms with E-state index in [4.69, 9.17) is 11.6 Å². The molecular formula is C19H24ClN5O2. The number of carbonyl (C=O) groups excluding carboxylic acids is 2. The molecule has 0 unspecified atom stereocenters. The molecule has 1 heterocycles. The maximum Gasteiger partial charge on any atom is 0.273 e. The highest BCUT2D eigenvalue weighted by atomic mass is 35.5. The van der Waals surface area contributed by atoms with Crippen LogP contribution in [0.15, 0.2) is 36.5 Å². The van der Waals surface area contributed by atoms with E-state index >= 15 is 0 Å². The summed E-state index contributed by atoms with van der Waals surface area (Å²) in [6.45, 7) is 0.354. The number of nitrogens with one attached hydrogen (secondary N) is 2. The fourth-order valence-electron chi connectivity index (χ4n) is 3.47. The van der Waals surface area contributed by atoms with E-state index in [1.54, 1.807) is 0 Å². The second kappa shape index (κ2) is 8.99. The number of rotatable bonds is 6. The molecule has 1 fully saturated rings. The van der Waals surface area contributed by atoms with Crippen LogP contribution in [0.4, 0.5) is 0 Å². The van der Waals surface area contributed by atoms with Gasteiger partial charge in [-0.1, -0.05) is 43.9 Å². The summed E-state index contributed by atoms with van der Waals surface area (Å²) in [6.07, 6.45) is 7.40. The molecule has 2 aromatic rings. The molecule has 0 bridgehead atoms. The predicted octanol–water partition coefficient (Wildman–Crippen LogP) is 2.45. The number of hydrogen-bond acceptors (Lipinski definition) is 4. The van der Waals surface area contributed by atoms with Crippen molar-refractivity contribution in [2.24, 2.45) is 0 Å². The Bertz CT molecular complexity index is 769. The SMILES string of the molecule is O=C(CCl)NC1(CNC(=O)c2cnn(-c3ccccc3)n2)CCCCCC1. The minimum absolute atomic E-state index is 0.0822. The van der Waals surface area contributed by atoms with Crippen molar-refractivity contribution in [3.63, 3.8) is 0 Å². The summed E-state index contributed by atoms with van der Waals surface area (Å²) >= 11 is 5.67. The van der Waals surface area contributed by atoms with E-state index < -0.39 is 5.54 Å². The quantitative estimate of drug-likeness (QED) is 0.586. The highest BCUT2D eigenvalue weighted by Crippen LogP contribution is 2.27. The van der Waals surface area contributed by atoms with Crippen LogP contribution in [0, 0.1) is 0 Å². The van der Waals surface area contributed by atoms with E-state index in [-0.39, 0.29) is 23.4 Å². The normalized spacial score (nSPS) is 16.3. The van der Waals surface area contributed by atoms with Gasteiger partial charge in [0.25, 0.3) is 5.91 Å². The van der Waals surface area contributed by atoms with E-state index in [1.807, 2.05) is 30.3 Å². The molecule has 0 radical (unpaired) electrons. The first-order valence-electron chi connectivity index (χ1n) is 9.25. The van der Waals surface area contributed by atoms with Crippen molar-refractivity contribution in [3.05, 3.63) is 42.2 Å². The molecule has 8 heteroatoms. The molecule has 2 amide bonds. The van der Waals surface area contributed by atoms with Crippen molar-refractivity contribution in [1.29, 1.82) is 0 Å². The highest BCUT2D eigenvalue weighted by molar-refractivity contribution is 6.27. The van der Waals surface area contributed by atoms with Crippen LogP contribution in [-0.2, 0) is 4.79 Å². The lowest BCUT2D eigenvalue weighted by Crippen LogP contribution is -2.55. The summed E-state index contributed by atoms with van der Waals surface area (Å²) in [5.74, 6) is -0.593. The zero-order chi connectivity index (χ0) is 19.1. The first-order chi connectivity index (χ1) is 13.1. The molecule has 0 aliphatic heterocycles. The van der Waals surface area contributed by atoms with Crippen molar-refractivity contribution in [2.45, 2.75) is 44.1 Å². The van der Waals surface area contributed by atoms with Gasteiger partial charge >= 0.3 is 0 Å². The second-order valence-electron chi connectivity index (χ2n) is 6.91. The summed E-state index contributed by atoms with van der Waals surface area (Å²) < 4.78 is 0. The standard InChI is InChI=1S/C19H24ClN5O2/c20-12-17(26)23-19(10-6-1-2-7-11-19)14-21-18(27)16-13-22-25(24-16)15-8-4-3-5-9-15/h3-5,8-9,13H,1-2,6-7,10-12,14H2,(H,21,27)(H,23,26). The van der Waals surface area contributed by atoms with Crippen LogP contribution in [-0.4, -0.2) is 44.8 Å². The number of aromatic nitrogens is 3. The number of carbonyl (C=O) groups is 2. The molecule has 0 atom stereocenters. The van der Waals surface area contributed by atoms with Crippen molar-refractivity contribution in [1.82, 2.24) is 25.6 Å². The number of alkyl halides is 1. The number of hydrogen-bond donors (Lipinski definition) is 2. The molecule has 3 rings (SSSR count). The first-order valence-corrected chi connectivity index (χ1v) is 9.78. The van der Waals surface area contributed by atoms with Gasteiger partial charge in [-0.3, -0.25) is 9.59 Å². The lowest BCUT2D eigenvalue weighted by atomic mass is 9.89. The van der Waals surface area contributed by atoms with E-state index in [9.17, 15) is 9.59 Å². The largest absolute Gasteiger partial charge is 0.348 e. The number of benzene rings is 1.